The van der Waals surface area contributed by atoms with Crippen molar-refractivity contribution in [1.82, 2.24) is 0 Å². The SMILES string of the molecule is CCOC(=O)CCc1cccc(Oc2cccc(Oc3ccc4c(c3)OCO4)c2C(=O)O)c1. The highest BCUT2D eigenvalue weighted by molar-refractivity contribution is 5.94. The second-order valence-electron chi connectivity index (χ2n) is 7.11. The molecule has 0 saturated carbocycles. The van der Waals surface area contributed by atoms with Crippen LogP contribution in [-0.2, 0) is 16.0 Å². The summed E-state index contributed by atoms with van der Waals surface area (Å²) >= 11 is 0. The lowest BCUT2D eigenvalue weighted by atomic mass is 10.1. The van der Waals surface area contributed by atoms with Gasteiger partial charge in [0, 0.05) is 12.5 Å². The molecule has 0 spiro atoms. The molecule has 33 heavy (non-hydrogen) atoms. The van der Waals surface area contributed by atoms with Crippen LogP contribution in [0.3, 0.4) is 0 Å². The van der Waals surface area contributed by atoms with Gasteiger partial charge in [-0.05, 0) is 55.3 Å². The fourth-order valence-electron chi connectivity index (χ4n) is 3.33. The van der Waals surface area contributed by atoms with Crippen LogP contribution < -0.4 is 18.9 Å². The van der Waals surface area contributed by atoms with Gasteiger partial charge in [-0.3, -0.25) is 4.79 Å². The van der Waals surface area contributed by atoms with Gasteiger partial charge in [-0.15, -0.1) is 0 Å². The summed E-state index contributed by atoms with van der Waals surface area (Å²) in [5, 5.41) is 9.85. The van der Waals surface area contributed by atoms with Crippen LogP contribution in [0.1, 0.15) is 29.3 Å². The number of hydrogen-bond acceptors (Lipinski definition) is 7. The Balaban J connectivity index is 1.54. The van der Waals surface area contributed by atoms with Crippen molar-refractivity contribution in [2.45, 2.75) is 19.8 Å². The van der Waals surface area contributed by atoms with Crippen LogP contribution in [0.25, 0.3) is 0 Å². The van der Waals surface area contributed by atoms with Crippen LogP contribution in [0.2, 0.25) is 0 Å². The number of ether oxygens (including phenoxy) is 5. The van der Waals surface area contributed by atoms with E-state index in [-0.39, 0.29) is 36.2 Å². The normalized spacial score (nSPS) is 11.7. The molecule has 0 bridgehead atoms. The molecule has 0 atom stereocenters. The van der Waals surface area contributed by atoms with Crippen LogP contribution in [-0.4, -0.2) is 30.4 Å². The van der Waals surface area contributed by atoms with E-state index in [1.54, 1.807) is 61.5 Å². The number of carbonyl (C=O) groups excluding carboxylic acids is 1. The topological polar surface area (TPSA) is 101 Å². The van der Waals surface area contributed by atoms with Gasteiger partial charge in [0.05, 0.1) is 6.61 Å². The molecule has 0 fully saturated rings. The number of carbonyl (C=O) groups is 2. The number of carboxylic acid groups (broad SMARTS) is 1. The molecule has 4 rings (SSSR count). The Kier molecular flexibility index (Phi) is 6.64. The van der Waals surface area contributed by atoms with Crippen molar-refractivity contribution in [2.24, 2.45) is 0 Å². The lowest BCUT2D eigenvalue weighted by Gasteiger charge is -2.14. The molecule has 0 radical (unpaired) electrons. The van der Waals surface area contributed by atoms with E-state index in [1.165, 1.54) is 0 Å². The standard InChI is InChI=1S/C25H22O8/c1-2-29-23(26)12-9-16-5-3-6-17(13-16)32-20-7-4-8-21(24(20)25(27)28)33-18-10-11-19-22(14-18)31-15-30-19/h3-8,10-11,13-14H,2,9,12,15H2,1H3,(H,27,28). The molecule has 8 heteroatoms. The first-order valence-electron chi connectivity index (χ1n) is 10.4. The average Bonchev–Trinajstić information content (AvgIpc) is 3.26. The van der Waals surface area contributed by atoms with E-state index in [2.05, 4.69) is 0 Å². The first-order chi connectivity index (χ1) is 16.0. The molecular formula is C25H22O8. The first kappa shape index (κ1) is 22.0. The van der Waals surface area contributed by atoms with Crippen molar-refractivity contribution in [3.63, 3.8) is 0 Å². The zero-order chi connectivity index (χ0) is 23.2. The molecule has 8 nitrogen and oxygen atoms in total. The fraction of sp³-hybridized carbons (Fsp3) is 0.200. The van der Waals surface area contributed by atoms with Crippen LogP contribution in [0, 0.1) is 0 Å². The number of benzene rings is 3. The van der Waals surface area contributed by atoms with Crippen molar-refractivity contribution < 1.29 is 38.4 Å². The maximum Gasteiger partial charge on any atom is 0.343 e. The Morgan fingerprint density at radius 3 is 2.33 bits per heavy atom. The molecule has 0 unspecified atom stereocenters. The largest absolute Gasteiger partial charge is 0.477 e. The van der Waals surface area contributed by atoms with E-state index >= 15 is 0 Å². The molecule has 0 amide bonds. The smallest absolute Gasteiger partial charge is 0.343 e. The molecule has 170 valence electrons. The van der Waals surface area contributed by atoms with Gasteiger partial charge >= 0.3 is 11.9 Å². The maximum atomic E-state index is 12.1. The van der Waals surface area contributed by atoms with E-state index in [1.807, 2.05) is 6.07 Å². The predicted molar refractivity (Wildman–Crippen MR) is 118 cm³/mol. The molecule has 1 N–H and O–H groups in total. The van der Waals surface area contributed by atoms with Gasteiger partial charge < -0.3 is 28.8 Å². The minimum absolute atomic E-state index is 0.118. The van der Waals surface area contributed by atoms with Crippen LogP contribution in [0.5, 0.6) is 34.5 Å². The Labute approximate surface area is 190 Å². The quantitative estimate of drug-likeness (QED) is 0.444. The summed E-state index contributed by atoms with van der Waals surface area (Å²) in [6.45, 7) is 2.22. The van der Waals surface area contributed by atoms with E-state index < -0.39 is 5.97 Å². The fourth-order valence-corrected chi connectivity index (χ4v) is 3.33. The van der Waals surface area contributed by atoms with Gasteiger partial charge in [-0.25, -0.2) is 4.79 Å². The van der Waals surface area contributed by atoms with E-state index in [0.29, 0.717) is 36.0 Å². The van der Waals surface area contributed by atoms with Crippen molar-refractivity contribution in [3.8, 4) is 34.5 Å². The Morgan fingerprint density at radius 1 is 0.909 bits per heavy atom. The summed E-state index contributed by atoms with van der Waals surface area (Å²) in [7, 11) is 0. The average molecular weight is 450 g/mol. The molecule has 1 aliphatic rings. The van der Waals surface area contributed by atoms with Crippen molar-refractivity contribution >= 4 is 11.9 Å². The summed E-state index contributed by atoms with van der Waals surface area (Å²) in [4.78, 5) is 23.7. The Morgan fingerprint density at radius 2 is 1.61 bits per heavy atom. The number of esters is 1. The third-order valence-electron chi connectivity index (χ3n) is 4.82. The minimum atomic E-state index is -1.19. The Hall–Kier alpha value is -4.20. The van der Waals surface area contributed by atoms with Gasteiger partial charge in [0.2, 0.25) is 6.79 Å². The summed E-state index contributed by atoms with van der Waals surface area (Å²) in [6, 6.07) is 16.9. The van der Waals surface area contributed by atoms with Crippen molar-refractivity contribution in [1.29, 1.82) is 0 Å². The molecule has 3 aromatic carbocycles. The summed E-state index contributed by atoms with van der Waals surface area (Å²) in [5.74, 6) is 0.752. The predicted octanol–water partition coefficient (Wildman–Crippen LogP) is 5.19. The van der Waals surface area contributed by atoms with Crippen LogP contribution >= 0.6 is 0 Å². The summed E-state index contributed by atoms with van der Waals surface area (Å²) in [6.07, 6.45) is 0.728. The second kappa shape index (κ2) is 9.95. The third-order valence-corrected chi connectivity index (χ3v) is 4.82. The van der Waals surface area contributed by atoms with Gasteiger partial charge in [-0.2, -0.15) is 0 Å². The van der Waals surface area contributed by atoms with Crippen LogP contribution in [0.15, 0.2) is 60.7 Å². The van der Waals surface area contributed by atoms with Crippen molar-refractivity contribution in [3.05, 3.63) is 71.8 Å². The molecular weight excluding hydrogens is 428 g/mol. The van der Waals surface area contributed by atoms with Crippen LogP contribution in [0.4, 0.5) is 0 Å². The van der Waals surface area contributed by atoms with E-state index in [4.69, 9.17) is 23.7 Å². The molecule has 0 aromatic heterocycles. The van der Waals surface area contributed by atoms with Crippen molar-refractivity contribution in [2.75, 3.05) is 13.4 Å². The van der Waals surface area contributed by atoms with E-state index in [9.17, 15) is 14.7 Å². The number of hydrogen-bond donors (Lipinski definition) is 1. The molecule has 1 heterocycles. The van der Waals surface area contributed by atoms with Gasteiger partial charge in [0.15, 0.2) is 11.5 Å². The maximum absolute atomic E-state index is 12.1. The third kappa shape index (κ3) is 5.35. The summed E-state index contributed by atoms with van der Waals surface area (Å²) in [5.41, 5.74) is 0.747. The number of fused-ring (bicyclic) bond motifs is 1. The molecule has 0 saturated heterocycles. The lowest BCUT2D eigenvalue weighted by molar-refractivity contribution is -0.143. The number of rotatable bonds is 9. The van der Waals surface area contributed by atoms with E-state index in [0.717, 1.165) is 5.56 Å². The van der Waals surface area contributed by atoms with Gasteiger partial charge in [0.25, 0.3) is 0 Å². The summed E-state index contributed by atoms with van der Waals surface area (Å²) < 4.78 is 27.3. The highest BCUT2D eigenvalue weighted by Crippen LogP contribution is 2.39. The molecule has 0 aliphatic carbocycles. The lowest BCUT2D eigenvalue weighted by Crippen LogP contribution is -2.05. The van der Waals surface area contributed by atoms with Gasteiger partial charge in [-0.1, -0.05) is 18.2 Å². The highest BCUT2D eigenvalue weighted by Gasteiger charge is 2.21. The Bertz CT molecular complexity index is 1170. The zero-order valence-electron chi connectivity index (χ0n) is 17.9. The first-order valence-corrected chi connectivity index (χ1v) is 10.4. The molecule has 1 aliphatic heterocycles. The monoisotopic (exact) mass is 450 g/mol. The second-order valence-corrected chi connectivity index (χ2v) is 7.11. The highest BCUT2D eigenvalue weighted by atomic mass is 16.7. The zero-order valence-corrected chi connectivity index (χ0v) is 17.9. The minimum Gasteiger partial charge on any atom is -0.477 e. The number of carboxylic acids is 1. The number of aryl methyl sites for hydroxylation is 1. The van der Waals surface area contributed by atoms with Gasteiger partial charge in [0.1, 0.15) is 28.6 Å². The number of aromatic carboxylic acids is 1. The molecule has 3 aromatic rings.